The number of nitrogens with zero attached hydrogens (tertiary/aromatic N) is 2. The number of halogens is 2. The Balaban J connectivity index is 2.37. The first-order valence-corrected chi connectivity index (χ1v) is 6.14. The van der Waals surface area contributed by atoms with Crippen molar-refractivity contribution in [1.82, 2.24) is 9.55 Å². The van der Waals surface area contributed by atoms with E-state index in [1.165, 1.54) is 12.1 Å². The minimum absolute atomic E-state index is 0.314. The highest BCUT2D eigenvalue weighted by Gasteiger charge is 2.12. The molecule has 0 aliphatic rings. The Morgan fingerprint density at radius 2 is 1.94 bits per heavy atom. The van der Waals surface area contributed by atoms with Gasteiger partial charge in [0, 0.05) is 4.47 Å². The number of aromatic nitrogens is 2. The summed E-state index contributed by atoms with van der Waals surface area (Å²) < 4.78 is 15.9. The molecule has 2 aromatic carbocycles. The van der Waals surface area contributed by atoms with Gasteiger partial charge in [-0.2, -0.15) is 0 Å². The third-order valence-corrected chi connectivity index (χ3v) is 3.41. The second kappa shape index (κ2) is 4.10. The highest BCUT2D eigenvalue weighted by atomic mass is 79.9. The Labute approximate surface area is 111 Å². The van der Waals surface area contributed by atoms with Crippen molar-refractivity contribution >= 4 is 32.9 Å². The molecule has 90 valence electrons. The zero-order valence-corrected chi connectivity index (χ0v) is 10.9. The summed E-state index contributed by atoms with van der Waals surface area (Å²) >= 11 is 3.40. The normalized spacial score (nSPS) is 11.0. The molecule has 3 rings (SSSR count). The molecule has 3 nitrogen and oxygen atoms in total. The Hall–Kier alpha value is -1.88. The molecule has 0 aliphatic heterocycles. The highest BCUT2D eigenvalue weighted by molar-refractivity contribution is 9.10. The van der Waals surface area contributed by atoms with Crippen molar-refractivity contribution in [2.24, 2.45) is 0 Å². The van der Waals surface area contributed by atoms with Crippen molar-refractivity contribution in [3.8, 4) is 5.69 Å². The lowest BCUT2D eigenvalue weighted by Gasteiger charge is -2.08. The van der Waals surface area contributed by atoms with Crippen LogP contribution in [0, 0.1) is 5.82 Å². The van der Waals surface area contributed by atoms with Gasteiger partial charge in [-0.25, -0.2) is 9.37 Å². The molecule has 1 heterocycles. The maximum Gasteiger partial charge on any atom is 0.205 e. The lowest BCUT2D eigenvalue weighted by molar-refractivity contribution is 0.626. The van der Waals surface area contributed by atoms with Gasteiger partial charge in [0.25, 0.3) is 0 Å². The first kappa shape index (κ1) is 11.2. The number of anilines is 1. The molecule has 0 aliphatic carbocycles. The summed E-state index contributed by atoms with van der Waals surface area (Å²) in [5.41, 5.74) is 8.18. The average Bonchev–Trinajstić information content (AvgIpc) is 2.68. The number of hydrogen-bond acceptors (Lipinski definition) is 2. The summed E-state index contributed by atoms with van der Waals surface area (Å²) in [4.78, 5) is 4.26. The fourth-order valence-electron chi connectivity index (χ4n) is 1.95. The van der Waals surface area contributed by atoms with E-state index in [9.17, 15) is 4.39 Å². The Morgan fingerprint density at radius 1 is 1.17 bits per heavy atom. The molecule has 0 atom stereocenters. The van der Waals surface area contributed by atoms with E-state index < -0.39 is 0 Å². The van der Waals surface area contributed by atoms with Crippen LogP contribution < -0.4 is 5.73 Å². The standard InChI is InChI=1S/C13H9BrFN3/c14-9-6-5-8(15)7-12(9)18-11-4-2-1-3-10(11)17-13(18)16/h1-7H,(H2,16,17). The van der Waals surface area contributed by atoms with Gasteiger partial charge in [-0.15, -0.1) is 0 Å². The molecule has 0 saturated heterocycles. The van der Waals surface area contributed by atoms with Gasteiger partial charge in [-0.1, -0.05) is 12.1 Å². The van der Waals surface area contributed by atoms with E-state index in [2.05, 4.69) is 20.9 Å². The zero-order valence-electron chi connectivity index (χ0n) is 9.27. The lowest BCUT2D eigenvalue weighted by atomic mass is 10.2. The molecule has 1 aromatic heterocycles. The number of para-hydroxylation sites is 2. The third kappa shape index (κ3) is 1.67. The Bertz CT molecular complexity index is 736. The molecule has 3 aromatic rings. The summed E-state index contributed by atoms with van der Waals surface area (Å²) in [6.45, 7) is 0. The van der Waals surface area contributed by atoms with E-state index in [0.29, 0.717) is 11.6 Å². The second-order valence-corrected chi connectivity index (χ2v) is 4.74. The predicted octanol–water partition coefficient (Wildman–Crippen LogP) is 3.51. The van der Waals surface area contributed by atoms with E-state index in [-0.39, 0.29) is 5.82 Å². The van der Waals surface area contributed by atoms with Crippen LogP contribution in [-0.4, -0.2) is 9.55 Å². The van der Waals surface area contributed by atoms with E-state index >= 15 is 0 Å². The molecular weight excluding hydrogens is 297 g/mol. The number of imidazole rings is 1. The lowest BCUT2D eigenvalue weighted by Crippen LogP contribution is -2.01. The highest BCUT2D eigenvalue weighted by Crippen LogP contribution is 2.28. The first-order chi connectivity index (χ1) is 8.66. The number of nitrogens with two attached hydrogens (primary N) is 1. The first-order valence-electron chi connectivity index (χ1n) is 5.35. The van der Waals surface area contributed by atoms with E-state index in [1.54, 1.807) is 10.6 Å². The number of benzene rings is 2. The van der Waals surface area contributed by atoms with Gasteiger partial charge in [0.1, 0.15) is 5.82 Å². The summed E-state index contributed by atoms with van der Waals surface area (Å²) in [6, 6.07) is 12.0. The SMILES string of the molecule is Nc1nc2ccccc2n1-c1cc(F)ccc1Br. The van der Waals surface area contributed by atoms with Crippen molar-refractivity contribution in [1.29, 1.82) is 0 Å². The van der Waals surface area contributed by atoms with Gasteiger partial charge in [-0.3, -0.25) is 4.57 Å². The van der Waals surface area contributed by atoms with E-state index in [4.69, 9.17) is 5.73 Å². The fraction of sp³-hybridized carbons (Fsp3) is 0. The summed E-state index contributed by atoms with van der Waals surface area (Å²) in [5, 5.41) is 0. The van der Waals surface area contributed by atoms with Crippen LogP contribution in [0.3, 0.4) is 0 Å². The smallest absolute Gasteiger partial charge is 0.205 e. The molecule has 0 saturated carbocycles. The van der Waals surface area contributed by atoms with Crippen LogP contribution in [-0.2, 0) is 0 Å². The van der Waals surface area contributed by atoms with Gasteiger partial charge < -0.3 is 5.73 Å². The fourth-order valence-corrected chi connectivity index (χ4v) is 2.38. The monoisotopic (exact) mass is 305 g/mol. The molecule has 0 amide bonds. The molecule has 0 fully saturated rings. The Morgan fingerprint density at radius 3 is 2.78 bits per heavy atom. The minimum atomic E-state index is -0.314. The van der Waals surface area contributed by atoms with Gasteiger partial charge in [0.2, 0.25) is 5.95 Å². The largest absolute Gasteiger partial charge is 0.369 e. The molecular formula is C13H9BrFN3. The van der Waals surface area contributed by atoms with Gasteiger partial charge in [-0.05, 0) is 46.3 Å². The van der Waals surface area contributed by atoms with Crippen LogP contribution in [0.2, 0.25) is 0 Å². The molecule has 0 spiro atoms. The number of nitrogen functional groups attached to an aromatic ring is 1. The average molecular weight is 306 g/mol. The maximum atomic E-state index is 13.4. The second-order valence-electron chi connectivity index (χ2n) is 3.89. The molecule has 0 bridgehead atoms. The van der Waals surface area contributed by atoms with Crippen LogP contribution in [0.25, 0.3) is 16.7 Å². The van der Waals surface area contributed by atoms with E-state index in [0.717, 1.165) is 15.5 Å². The molecule has 5 heteroatoms. The summed E-state index contributed by atoms with van der Waals surface area (Å²) in [6.07, 6.45) is 0. The van der Waals surface area contributed by atoms with Crippen molar-refractivity contribution < 1.29 is 4.39 Å². The van der Waals surface area contributed by atoms with Gasteiger partial charge in [0.05, 0.1) is 16.7 Å². The number of fused-ring (bicyclic) bond motifs is 1. The minimum Gasteiger partial charge on any atom is -0.369 e. The molecule has 0 radical (unpaired) electrons. The van der Waals surface area contributed by atoms with Crippen LogP contribution in [0.1, 0.15) is 0 Å². The van der Waals surface area contributed by atoms with E-state index in [1.807, 2.05) is 24.3 Å². The summed E-state index contributed by atoms with van der Waals surface area (Å²) in [7, 11) is 0. The van der Waals surface area contributed by atoms with Crippen molar-refractivity contribution in [2.45, 2.75) is 0 Å². The topological polar surface area (TPSA) is 43.8 Å². The number of hydrogen-bond donors (Lipinski definition) is 1. The van der Waals surface area contributed by atoms with Crippen LogP contribution in [0.4, 0.5) is 10.3 Å². The van der Waals surface area contributed by atoms with Crippen LogP contribution in [0.5, 0.6) is 0 Å². The van der Waals surface area contributed by atoms with Crippen molar-refractivity contribution in [3.05, 3.63) is 52.8 Å². The van der Waals surface area contributed by atoms with Crippen molar-refractivity contribution in [3.63, 3.8) is 0 Å². The summed E-state index contributed by atoms with van der Waals surface area (Å²) in [5.74, 6) is 0.0212. The van der Waals surface area contributed by atoms with Crippen molar-refractivity contribution in [2.75, 3.05) is 5.73 Å². The molecule has 2 N–H and O–H groups in total. The van der Waals surface area contributed by atoms with Crippen LogP contribution in [0.15, 0.2) is 46.9 Å². The molecule has 18 heavy (non-hydrogen) atoms. The third-order valence-electron chi connectivity index (χ3n) is 2.74. The quantitative estimate of drug-likeness (QED) is 0.747. The van der Waals surface area contributed by atoms with Gasteiger partial charge >= 0.3 is 0 Å². The predicted molar refractivity (Wildman–Crippen MR) is 73.1 cm³/mol. The zero-order chi connectivity index (χ0) is 12.7. The number of rotatable bonds is 1. The molecule has 0 unspecified atom stereocenters. The maximum absolute atomic E-state index is 13.4. The van der Waals surface area contributed by atoms with Crippen LogP contribution >= 0.6 is 15.9 Å². The Kier molecular flexibility index (Phi) is 2.56. The van der Waals surface area contributed by atoms with Gasteiger partial charge in [0.15, 0.2) is 0 Å².